The van der Waals surface area contributed by atoms with Crippen LogP contribution in [-0.2, 0) is 4.74 Å². The summed E-state index contributed by atoms with van der Waals surface area (Å²) in [5, 5.41) is 20.8. The molecule has 29 heavy (non-hydrogen) atoms. The Kier molecular flexibility index (Phi) is 9.45. The van der Waals surface area contributed by atoms with Gasteiger partial charge in [-0.15, -0.1) is 0 Å². The first-order valence-corrected chi connectivity index (χ1v) is 10.4. The fraction of sp³-hybridized carbons (Fsp3) is 0.500. The average Bonchev–Trinajstić information content (AvgIpc) is 2.77. The Labute approximate surface area is 174 Å². The van der Waals surface area contributed by atoms with E-state index in [0.717, 1.165) is 0 Å². The Morgan fingerprint density at radius 2 is 1.00 bits per heavy atom. The highest BCUT2D eigenvalue weighted by atomic mass is 16.8. The average molecular weight is 403 g/mol. The Balaban J connectivity index is 2.26. The molecule has 2 N–H and O–H groups in total. The number of hydrogen-bond donors (Lipinski definition) is 2. The van der Waals surface area contributed by atoms with E-state index in [-0.39, 0.29) is 11.8 Å². The van der Waals surface area contributed by atoms with E-state index in [2.05, 4.69) is 0 Å². The van der Waals surface area contributed by atoms with Gasteiger partial charge in [0.05, 0.1) is 12.2 Å². The number of hydrogen-bond acceptors (Lipinski definition) is 5. The minimum absolute atomic E-state index is 0.298. The van der Waals surface area contributed by atoms with Crippen molar-refractivity contribution in [3.8, 4) is 11.5 Å². The highest BCUT2D eigenvalue weighted by Gasteiger charge is 2.34. The fourth-order valence-electron chi connectivity index (χ4n) is 3.02. The molecule has 160 valence electrons. The molecular weight excluding hydrogens is 368 g/mol. The normalized spacial score (nSPS) is 17.6. The van der Waals surface area contributed by atoms with Gasteiger partial charge < -0.3 is 24.4 Å². The molecule has 0 bridgehead atoms. The molecule has 0 amide bonds. The lowest BCUT2D eigenvalue weighted by Crippen LogP contribution is -2.44. The van der Waals surface area contributed by atoms with E-state index in [4.69, 9.17) is 14.2 Å². The van der Waals surface area contributed by atoms with E-state index >= 15 is 0 Å². The molecule has 6 unspecified atom stereocenters. The zero-order valence-electron chi connectivity index (χ0n) is 17.8. The minimum atomic E-state index is -0.743. The summed E-state index contributed by atoms with van der Waals surface area (Å²) in [7, 11) is 0. The summed E-state index contributed by atoms with van der Waals surface area (Å²) in [5.74, 6) is 0.700. The third-order valence-corrected chi connectivity index (χ3v) is 5.17. The van der Waals surface area contributed by atoms with Crippen LogP contribution in [0, 0.1) is 11.8 Å². The number of aliphatic hydroxyl groups excluding tert-OH is 2. The van der Waals surface area contributed by atoms with E-state index in [1.165, 1.54) is 0 Å². The molecule has 0 saturated heterocycles. The topological polar surface area (TPSA) is 68.2 Å². The monoisotopic (exact) mass is 402 g/mol. The van der Waals surface area contributed by atoms with Gasteiger partial charge in [0.25, 0.3) is 0 Å². The van der Waals surface area contributed by atoms with E-state index in [1.807, 2.05) is 88.4 Å². The third kappa shape index (κ3) is 7.03. The quantitative estimate of drug-likeness (QED) is 0.507. The molecule has 0 saturated carbocycles. The van der Waals surface area contributed by atoms with Gasteiger partial charge in [0.1, 0.15) is 11.5 Å². The van der Waals surface area contributed by atoms with Crippen LogP contribution in [0.5, 0.6) is 11.5 Å². The first-order chi connectivity index (χ1) is 14.0. The van der Waals surface area contributed by atoms with Gasteiger partial charge in [-0.1, -0.05) is 64.1 Å². The van der Waals surface area contributed by atoms with Crippen molar-refractivity contribution in [3.63, 3.8) is 0 Å². The van der Waals surface area contributed by atoms with Crippen molar-refractivity contribution in [1.29, 1.82) is 0 Å². The molecule has 0 aliphatic carbocycles. The molecule has 5 heteroatoms. The largest absolute Gasteiger partial charge is 0.464 e. The lowest BCUT2D eigenvalue weighted by Gasteiger charge is -2.34. The molecule has 2 aromatic carbocycles. The number of ether oxygens (including phenoxy) is 3. The molecule has 2 rings (SSSR count). The Morgan fingerprint density at radius 1 is 0.655 bits per heavy atom. The van der Waals surface area contributed by atoms with E-state index in [0.29, 0.717) is 24.3 Å². The number of para-hydroxylation sites is 2. The SMILES string of the molecule is CCC(O)C(C)C(Oc1ccccc1)OC(Oc1ccccc1)C(C)C(O)CC. The summed E-state index contributed by atoms with van der Waals surface area (Å²) in [5.41, 5.74) is 0. The fourth-order valence-corrected chi connectivity index (χ4v) is 3.02. The summed E-state index contributed by atoms with van der Waals surface area (Å²) < 4.78 is 18.4. The first-order valence-electron chi connectivity index (χ1n) is 10.4. The van der Waals surface area contributed by atoms with Crippen LogP contribution >= 0.6 is 0 Å². The molecule has 5 nitrogen and oxygen atoms in total. The van der Waals surface area contributed by atoms with Gasteiger partial charge >= 0.3 is 0 Å². The summed E-state index contributed by atoms with van der Waals surface area (Å²) >= 11 is 0. The zero-order valence-corrected chi connectivity index (χ0v) is 17.8. The molecule has 0 aromatic heterocycles. The maximum atomic E-state index is 10.4. The predicted molar refractivity (Wildman–Crippen MR) is 114 cm³/mol. The van der Waals surface area contributed by atoms with Crippen LogP contribution < -0.4 is 9.47 Å². The molecule has 0 aliphatic heterocycles. The first kappa shape index (κ1) is 23.2. The van der Waals surface area contributed by atoms with Gasteiger partial charge in [-0.05, 0) is 37.1 Å². The molecule has 0 radical (unpaired) electrons. The lowest BCUT2D eigenvalue weighted by molar-refractivity contribution is -0.238. The second kappa shape index (κ2) is 11.8. The maximum Gasteiger partial charge on any atom is 0.208 e. The highest BCUT2D eigenvalue weighted by Crippen LogP contribution is 2.26. The van der Waals surface area contributed by atoms with Gasteiger partial charge in [-0.25, -0.2) is 0 Å². The molecule has 2 aromatic rings. The number of benzene rings is 2. The van der Waals surface area contributed by atoms with Crippen LogP contribution in [0.25, 0.3) is 0 Å². The summed E-state index contributed by atoms with van der Waals surface area (Å²) in [6.45, 7) is 7.62. The second-order valence-electron chi connectivity index (χ2n) is 7.40. The Morgan fingerprint density at radius 3 is 1.31 bits per heavy atom. The smallest absolute Gasteiger partial charge is 0.208 e. The Bertz CT molecular complexity index is 619. The lowest BCUT2D eigenvalue weighted by atomic mass is 10.00. The summed E-state index contributed by atoms with van der Waals surface area (Å²) in [6, 6.07) is 18.7. The van der Waals surface area contributed by atoms with Crippen molar-refractivity contribution in [2.24, 2.45) is 11.8 Å². The van der Waals surface area contributed by atoms with E-state index in [9.17, 15) is 10.2 Å². The van der Waals surface area contributed by atoms with Crippen LogP contribution in [0.3, 0.4) is 0 Å². The predicted octanol–water partition coefficient (Wildman–Crippen LogP) is 4.63. The van der Waals surface area contributed by atoms with Crippen LogP contribution in [0.2, 0.25) is 0 Å². The molecule has 0 aliphatic rings. The number of aliphatic hydroxyl groups is 2. The van der Waals surface area contributed by atoms with Gasteiger partial charge in [-0.2, -0.15) is 0 Å². The minimum Gasteiger partial charge on any atom is -0.464 e. The third-order valence-electron chi connectivity index (χ3n) is 5.17. The van der Waals surface area contributed by atoms with Crippen molar-refractivity contribution in [2.45, 2.75) is 65.3 Å². The van der Waals surface area contributed by atoms with Crippen LogP contribution in [-0.4, -0.2) is 35.0 Å². The van der Waals surface area contributed by atoms with Gasteiger partial charge in [0.15, 0.2) is 0 Å². The van der Waals surface area contributed by atoms with Crippen molar-refractivity contribution in [1.82, 2.24) is 0 Å². The molecule has 6 atom stereocenters. The standard InChI is InChI=1S/C24H34O5/c1-5-21(25)17(3)23(27-19-13-9-7-10-14-19)29-24(18(4)22(26)6-2)28-20-15-11-8-12-16-20/h7-18,21-26H,5-6H2,1-4H3. The number of rotatable bonds is 12. The molecule has 0 spiro atoms. The maximum absolute atomic E-state index is 10.4. The van der Waals surface area contributed by atoms with Crippen LogP contribution in [0.1, 0.15) is 40.5 Å². The van der Waals surface area contributed by atoms with E-state index < -0.39 is 24.8 Å². The summed E-state index contributed by atoms with van der Waals surface area (Å²) in [6.07, 6.45) is -1.51. The molecular formula is C24H34O5. The highest BCUT2D eigenvalue weighted by molar-refractivity contribution is 5.22. The van der Waals surface area contributed by atoms with Gasteiger partial charge in [-0.3, -0.25) is 0 Å². The Hall–Kier alpha value is -2.08. The van der Waals surface area contributed by atoms with Crippen molar-refractivity contribution >= 4 is 0 Å². The van der Waals surface area contributed by atoms with Crippen LogP contribution in [0.4, 0.5) is 0 Å². The zero-order chi connectivity index (χ0) is 21.2. The van der Waals surface area contributed by atoms with Gasteiger partial charge in [0, 0.05) is 11.8 Å². The van der Waals surface area contributed by atoms with Gasteiger partial charge in [0.2, 0.25) is 12.6 Å². The van der Waals surface area contributed by atoms with Crippen LogP contribution in [0.15, 0.2) is 60.7 Å². The molecule has 0 fully saturated rings. The summed E-state index contributed by atoms with van der Waals surface area (Å²) in [4.78, 5) is 0. The van der Waals surface area contributed by atoms with Crippen molar-refractivity contribution in [2.75, 3.05) is 0 Å². The van der Waals surface area contributed by atoms with E-state index in [1.54, 1.807) is 0 Å². The molecule has 0 heterocycles. The van der Waals surface area contributed by atoms with Crippen molar-refractivity contribution in [3.05, 3.63) is 60.7 Å². The second-order valence-corrected chi connectivity index (χ2v) is 7.40. The van der Waals surface area contributed by atoms with Crippen molar-refractivity contribution < 1.29 is 24.4 Å².